The van der Waals surface area contributed by atoms with Crippen LogP contribution >= 0.6 is 22.9 Å². The third kappa shape index (κ3) is 3.45. The van der Waals surface area contributed by atoms with Gasteiger partial charge in [0.25, 0.3) is 11.5 Å². The number of alkyl halides is 1. The Kier molecular flexibility index (Phi) is 4.69. The van der Waals surface area contributed by atoms with Crippen molar-refractivity contribution in [2.45, 2.75) is 6.54 Å². The van der Waals surface area contributed by atoms with Crippen LogP contribution in [0.1, 0.15) is 9.67 Å². The number of pyridine rings is 1. The summed E-state index contributed by atoms with van der Waals surface area (Å²) >= 11 is 6.22. The van der Waals surface area contributed by atoms with E-state index < -0.39 is 29.8 Å². The van der Waals surface area contributed by atoms with Crippen molar-refractivity contribution in [2.75, 3.05) is 12.0 Å². The van der Waals surface area contributed by atoms with E-state index >= 15 is 0 Å². The molecule has 0 spiro atoms. The SMILES string of the molecule is O=C(Nc1cc(F)c(=O)n(CCF)c1)c1cc(F)c(Cl)s1. The monoisotopic (exact) mass is 336 g/mol. The minimum atomic E-state index is -1.13. The minimum Gasteiger partial charge on any atom is -0.320 e. The van der Waals surface area contributed by atoms with Crippen molar-refractivity contribution in [1.29, 1.82) is 0 Å². The molecule has 1 N–H and O–H groups in total. The Hall–Kier alpha value is -1.80. The van der Waals surface area contributed by atoms with Gasteiger partial charge in [-0.15, -0.1) is 11.3 Å². The van der Waals surface area contributed by atoms with Gasteiger partial charge < -0.3 is 9.88 Å². The summed E-state index contributed by atoms with van der Waals surface area (Å²) in [5.74, 6) is -2.58. The second kappa shape index (κ2) is 6.31. The lowest BCUT2D eigenvalue weighted by Crippen LogP contribution is -2.24. The standard InChI is InChI=1S/C12H8ClF3N2O2S/c13-10-7(15)4-9(21-10)11(19)17-6-3-8(16)12(20)18(5-6)2-1-14/h3-5H,1-2H2,(H,17,19). The minimum absolute atomic E-state index is 0.0128. The molecule has 0 fully saturated rings. The number of thiophene rings is 1. The van der Waals surface area contributed by atoms with Crippen LogP contribution in [0, 0.1) is 11.6 Å². The zero-order valence-corrected chi connectivity index (χ0v) is 11.9. The molecular weight excluding hydrogens is 329 g/mol. The van der Waals surface area contributed by atoms with Crippen molar-refractivity contribution in [2.24, 2.45) is 0 Å². The molecule has 2 aromatic heterocycles. The number of hydrogen-bond donors (Lipinski definition) is 1. The molecule has 0 saturated heterocycles. The predicted molar refractivity (Wildman–Crippen MR) is 73.9 cm³/mol. The fourth-order valence-electron chi connectivity index (χ4n) is 1.58. The van der Waals surface area contributed by atoms with E-state index in [4.69, 9.17) is 11.6 Å². The molecule has 21 heavy (non-hydrogen) atoms. The molecule has 4 nitrogen and oxygen atoms in total. The Morgan fingerprint density at radius 2 is 2.05 bits per heavy atom. The molecule has 0 aliphatic carbocycles. The summed E-state index contributed by atoms with van der Waals surface area (Å²) in [7, 11) is 0. The smallest absolute Gasteiger partial charge is 0.286 e. The van der Waals surface area contributed by atoms with Gasteiger partial charge in [0, 0.05) is 12.3 Å². The molecule has 0 saturated carbocycles. The van der Waals surface area contributed by atoms with Crippen molar-refractivity contribution < 1.29 is 18.0 Å². The number of nitrogens with zero attached hydrogens (tertiary/aromatic N) is 1. The van der Waals surface area contributed by atoms with E-state index in [0.717, 1.165) is 34.2 Å². The summed E-state index contributed by atoms with van der Waals surface area (Å²) in [5.41, 5.74) is -1.04. The van der Waals surface area contributed by atoms with Gasteiger partial charge in [-0.1, -0.05) is 11.6 Å². The summed E-state index contributed by atoms with van der Waals surface area (Å²) in [6.07, 6.45) is 1.11. The highest BCUT2D eigenvalue weighted by Crippen LogP contribution is 2.26. The van der Waals surface area contributed by atoms with Crippen LogP contribution in [0.5, 0.6) is 0 Å². The lowest BCUT2D eigenvalue weighted by atomic mass is 10.3. The van der Waals surface area contributed by atoms with Crippen LogP contribution in [0.4, 0.5) is 18.9 Å². The molecule has 0 aliphatic rings. The first-order chi connectivity index (χ1) is 9.92. The summed E-state index contributed by atoms with van der Waals surface area (Å²) in [4.78, 5) is 23.2. The van der Waals surface area contributed by atoms with Gasteiger partial charge in [0.15, 0.2) is 11.6 Å². The number of nitrogens with one attached hydrogen (secondary N) is 1. The van der Waals surface area contributed by atoms with Gasteiger partial charge in [-0.05, 0) is 6.07 Å². The summed E-state index contributed by atoms with van der Waals surface area (Å²) in [6, 6.07) is 1.75. The van der Waals surface area contributed by atoms with Crippen LogP contribution in [0.2, 0.25) is 4.34 Å². The molecule has 0 bridgehead atoms. The number of rotatable bonds is 4. The van der Waals surface area contributed by atoms with Crippen LogP contribution in [0.15, 0.2) is 23.1 Å². The number of hydrogen-bond acceptors (Lipinski definition) is 3. The van der Waals surface area contributed by atoms with E-state index in [1.54, 1.807) is 0 Å². The van der Waals surface area contributed by atoms with Gasteiger partial charge in [0.05, 0.1) is 17.1 Å². The van der Waals surface area contributed by atoms with Crippen LogP contribution in [0.25, 0.3) is 0 Å². The molecule has 0 atom stereocenters. The van der Waals surface area contributed by atoms with Crippen molar-refractivity contribution in [3.8, 4) is 0 Å². The maximum atomic E-state index is 13.4. The van der Waals surface area contributed by atoms with Crippen LogP contribution in [-0.4, -0.2) is 17.1 Å². The van der Waals surface area contributed by atoms with Gasteiger partial charge in [-0.25, -0.2) is 13.2 Å². The molecule has 9 heteroatoms. The predicted octanol–water partition coefficient (Wildman–Crippen LogP) is 3.06. The molecule has 0 unspecified atom stereocenters. The molecule has 0 aromatic carbocycles. The fourth-order valence-corrected chi connectivity index (χ4v) is 2.54. The van der Waals surface area contributed by atoms with E-state index in [1.165, 1.54) is 0 Å². The van der Waals surface area contributed by atoms with Crippen LogP contribution in [-0.2, 0) is 6.54 Å². The molecule has 2 heterocycles. The largest absolute Gasteiger partial charge is 0.320 e. The number of carbonyl (C=O) groups is 1. The molecule has 0 aliphatic heterocycles. The normalized spacial score (nSPS) is 10.7. The molecule has 2 rings (SSSR count). The fraction of sp³-hybridized carbons (Fsp3) is 0.167. The first kappa shape index (κ1) is 15.6. The highest BCUT2D eigenvalue weighted by atomic mass is 35.5. The second-order valence-corrected chi connectivity index (χ2v) is 5.60. The zero-order chi connectivity index (χ0) is 15.6. The number of aromatic nitrogens is 1. The summed E-state index contributed by atoms with van der Waals surface area (Å²) < 4.78 is 39.4. The van der Waals surface area contributed by atoms with Gasteiger partial charge in [-0.2, -0.15) is 0 Å². The third-order valence-electron chi connectivity index (χ3n) is 2.49. The van der Waals surface area contributed by atoms with Gasteiger partial charge >= 0.3 is 0 Å². The highest BCUT2D eigenvalue weighted by Gasteiger charge is 2.15. The van der Waals surface area contributed by atoms with Crippen LogP contribution in [0.3, 0.4) is 0 Å². The van der Waals surface area contributed by atoms with E-state index in [-0.39, 0.29) is 21.4 Å². The van der Waals surface area contributed by atoms with Crippen LogP contribution < -0.4 is 10.9 Å². The van der Waals surface area contributed by atoms with Gasteiger partial charge in [-0.3, -0.25) is 9.59 Å². The van der Waals surface area contributed by atoms with E-state index in [1.807, 2.05) is 0 Å². The summed E-state index contributed by atoms with van der Waals surface area (Å²) in [6.45, 7) is -1.19. The average Bonchev–Trinajstić information content (AvgIpc) is 2.76. The Balaban J connectivity index is 2.27. The second-order valence-electron chi connectivity index (χ2n) is 3.95. The quantitative estimate of drug-likeness (QED) is 0.933. The highest BCUT2D eigenvalue weighted by molar-refractivity contribution is 7.18. The van der Waals surface area contributed by atoms with Gasteiger partial charge in [0.2, 0.25) is 0 Å². The lowest BCUT2D eigenvalue weighted by molar-refractivity contribution is 0.103. The number of carbonyl (C=O) groups excluding carboxylic acids is 1. The Labute approximate surface area is 125 Å². The van der Waals surface area contributed by atoms with E-state index in [9.17, 15) is 22.8 Å². The first-order valence-electron chi connectivity index (χ1n) is 5.64. The maximum Gasteiger partial charge on any atom is 0.286 e. The topological polar surface area (TPSA) is 51.1 Å². The molecule has 1 amide bonds. The Morgan fingerprint density at radius 3 is 2.62 bits per heavy atom. The Bertz CT molecular complexity index is 725. The van der Waals surface area contributed by atoms with E-state index in [2.05, 4.69) is 5.32 Å². The maximum absolute atomic E-state index is 13.4. The number of anilines is 1. The number of aryl methyl sites for hydroxylation is 1. The average molecular weight is 337 g/mol. The molecule has 112 valence electrons. The summed E-state index contributed by atoms with van der Waals surface area (Å²) in [5, 5.41) is 2.29. The van der Waals surface area contributed by atoms with Gasteiger partial charge in [0.1, 0.15) is 11.0 Å². The number of halogens is 4. The number of amides is 1. The van der Waals surface area contributed by atoms with Crippen molar-refractivity contribution in [3.63, 3.8) is 0 Å². The molecular formula is C12H8ClF3N2O2S. The zero-order valence-electron chi connectivity index (χ0n) is 10.3. The third-order valence-corrected chi connectivity index (χ3v) is 3.80. The van der Waals surface area contributed by atoms with Crippen molar-refractivity contribution in [3.05, 3.63) is 49.5 Å². The first-order valence-corrected chi connectivity index (χ1v) is 6.84. The van der Waals surface area contributed by atoms with Crippen molar-refractivity contribution >= 4 is 34.5 Å². The lowest BCUT2D eigenvalue weighted by Gasteiger charge is -2.08. The van der Waals surface area contributed by atoms with E-state index in [0.29, 0.717) is 0 Å². The molecule has 0 radical (unpaired) electrons. The van der Waals surface area contributed by atoms with Crippen molar-refractivity contribution in [1.82, 2.24) is 4.57 Å². The molecule has 2 aromatic rings. The Morgan fingerprint density at radius 1 is 1.33 bits per heavy atom.